The molecule has 0 fully saturated rings. The summed E-state index contributed by atoms with van der Waals surface area (Å²) in [4.78, 5) is 32.2. The van der Waals surface area contributed by atoms with Gasteiger partial charge in [-0.05, 0) is 18.2 Å². The smallest absolute Gasteiger partial charge is 0.214 e. The number of carbonyl (C=O) groups excluding carboxylic acids is 2. The monoisotopic (exact) mass is 254 g/mol. The molecule has 2 aromatic rings. The molecule has 0 radical (unpaired) electrons. The molecule has 19 heavy (non-hydrogen) atoms. The molecule has 0 saturated heterocycles. The van der Waals surface area contributed by atoms with Crippen molar-refractivity contribution in [3.05, 3.63) is 54.1 Å². The summed E-state index contributed by atoms with van der Waals surface area (Å²) in [5.74, 6) is -0.939. The van der Waals surface area contributed by atoms with E-state index in [2.05, 4.69) is 9.97 Å². The maximum atomic E-state index is 12.3. The van der Waals surface area contributed by atoms with E-state index in [4.69, 9.17) is 4.74 Å². The van der Waals surface area contributed by atoms with Crippen molar-refractivity contribution in [2.45, 2.75) is 0 Å². The van der Waals surface area contributed by atoms with Crippen LogP contribution in [0.15, 0.2) is 42.7 Å². The predicted molar refractivity (Wildman–Crippen MR) is 66.1 cm³/mol. The first-order valence-electron chi connectivity index (χ1n) is 5.84. The fraction of sp³-hybridized carbons (Fsp3) is 0.143. The van der Waals surface area contributed by atoms with Crippen LogP contribution in [-0.2, 0) is 0 Å². The first kappa shape index (κ1) is 11.5. The molecule has 5 heteroatoms. The fourth-order valence-electron chi connectivity index (χ4n) is 2.01. The summed E-state index contributed by atoms with van der Waals surface area (Å²) in [6.45, 7) is 0.0347. The second kappa shape index (κ2) is 4.61. The first-order chi connectivity index (χ1) is 9.27. The molecule has 1 aliphatic rings. The highest BCUT2D eigenvalue weighted by atomic mass is 16.5. The van der Waals surface area contributed by atoms with Crippen molar-refractivity contribution in [3.63, 3.8) is 0 Å². The Morgan fingerprint density at radius 1 is 1.16 bits per heavy atom. The van der Waals surface area contributed by atoms with Crippen molar-refractivity contribution in [1.82, 2.24) is 9.97 Å². The number of aromatic nitrogens is 2. The van der Waals surface area contributed by atoms with Gasteiger partial charge in [-0.3, -0.25) is 9.59 Å². The van der Waals surface area contributed by atoms with Crippen molar-refractivity contribution in [2.24, 2.45) is 5.92 Å². The van der Waals surface area contributed by atoms with Gasteiger partial charge in [0.05, 0.1) is 5.56 Å². The van der Waals surface area contributed by atoms with Crippen LogP contribution in [0.4, 0.5) is 0 Å². The third kappa shape index (κ3) is 1.99. The third-order valence-electron chi connectivity index (χ3n) is 2.98. The number of benzene rings is 1. The van der Waals surface area contributed by atoms with Gasteiger partial charge in [-0.1, -0.05) is 12.1 Å². The molecule has 0 amide bonds. The van der Waals surface area contributed by atoms with Crippen LogP contribution in [0.2, 0.25) is 0 Å². The zero-order valence-electron chi connectivity index (χ0n) is 9.95. The largest absolute Gasteiger partial charge is 0.492 e. The lowest BCUT2D eigenvalue weighted by molar-refractivity contribution is 0.0717. The summed E-state index contributed by atoms with van der Waals surface area (Å²) in [7, 11) is 0. The van der Waals surface area contributed by atoms with Gasteiger partial charge in [0.15, 0.2) is 11.6 Å². The van der Waals surface area contributed by atoms with E-state index in [1.165, 1.54) is 12.4 Å². The van der Waals surface area contributed by atoms with Crippen LogP contribution in [-0.4, -0.2) is 28.1 Å². The van der Waals surface area contributed by atoms with Gasteiger partial charge in [-0.2, -0.15) is 0 Å². The van der Waals surface area contributed by atoms with Gasteiger partial charge in [-0.25, -0.2) is 9.97 Å². The van der Waals surface area contributed by atoms with Gasteiger partial charge >= 0.3 is 0 Å². The second-order valence-corrected chi connectivity index (χ2v) is 4.16. The number of hydrogen-bond donors (Lipinski definition) is 0. The van der Waals surface area contributed by atoms with Gasteiger partial charge in [0.25, 0.3) is 0 Å². The van der Waals surface area contributed by atoms with E-state index in [0.717, 1.165) is 0 Å². The van der Waals surface area contributed by atoms with Crippen molar-refractivity contribution in [3.8, 4) is 5.75 Å². The maximum Gasteiger partial charge on any atom is 0.214 e. The van der Waals surface area contributed by atoms with Crippen LogP contribution < -0.4 is 4.74 Å². The molecule has 1 unspecified atom stereocenters. The molecular weight excluding hydrogens is 244 g/mol. The number of ether oxygens (including phenoxy) is 1. The number of carbonyl (C=O) groups is 2. The lowest BCUT2D eigenvalue weighted by Crippen LogP contribution is -2.35. The van der Waals surface area contributed by atoms with E-state index in [1.807, 2.05) is 0 Å². The molecule has 1 aromatic carbocycles. The Labute approximate surface area is 109 Å². The molecule has 94 valence electrons. The topological polar surface area (TPSA) is 69.2 Å². The number of Topliss-reactive ketones (excluding diaryl/α,β-unsaturated/α-hetero) is 2. The van der Waals surface area contributed by atoms with Gasteiger partial charge in [0.1, 0.15) is 18.3 Å². The Hall–Kier alpha value is -2.56. The van der Waals surface area contributed by atoms with E-state index >= 15 is 0 Å². The predicted octanol–water partition coefficient (Wildman–Crippen LogP) is 1.55. The zero-order chi connectivity index (χ0) is 13.2. The Bertz CT molecular complexity index is 640. The zero-order valence-corrected chi connectivity index (χ0v) is 9.95. The minimum Gasteiger partial charge on any atom is -0.492 e. The van der Waals surface area contributed by atoms with Crippen molar-refractivity contribution in [2.75, 3.05) is 6.61 Å². The molecule has 0 aliphatic carbocycles. The fourth-order valence-corrected chi connectivity index (χ4v) is 2.01. The molecule has 5 nitrogen and oxygen atoms in total. The van der Waals surface area contributed by atoms with Crippen molar-refractivity contribution >= 4 is 11.6 Å². The molecule has 0 spiro atoms. The Morgan fingerprint density at radius 3 is 2.68 bits per heavy atom. The Morgan fingerprint density at radius 2 is 1.89 bits per heavy atom. The average Bonchev–Trinajstić information content (AvgIpc) is 2.48. The van der Waals surface area contributed by atoms with Crippen LogP contribution in [0.5, 0.6) is 5.75 Å². The number of ketones is 2. The number of para-hydroxylation sites is 1. The number of fused-ring (bicyclic) bond motifs is 1. The van der Waals surface area contributed by atoms with E-state index < -0.39 is 11.7 Å². The summed E-state index contributed by atoms with van der Waals surface area (Å²) < 4.78 is 5.45. The van der Waals surface area contributed by atoms with Gasteiger partial charge < -0.3 is 4.74 Å². The molecular formula is C14H10N2O3. The highest BCUT2D eigenvalue weighted by Gasteiger charge is 2.35. The SMILES string of the molecule is O=C(c1ncccn1)C1COc2ccccc2C1=O. The third-order valence-corrected chi connectivity index (χ3v) is 2.98. The lowest BCUT2D eigenvalue weighted by Gasteiger charge is -2.22. The van der Waals surface area contributed by atoms with Gasteiger partial charge in [0, 0.05) is 12.4 Å². The number of hydrogen-bond acceptors (Lipinski definition) is 5. The molecule has 2 heterocycles. The summed E-state index contributed by atoms with van der Waals surface area (Å²) in [6.07, 6.45) is 2.95. The highest BCUT2D eigenvalue weighted by molar-refractivity contribution is 6.16. The van der Waals surface area contributed by atoms with Crippen LogP contribution >= 0.6 is 0 Å². The van der Waals surface area contributed by atoms with Crippen LogP contribution in [0.3, 0.4) is 0 Å². The molecule has 1 aliphatic heterocycles. The van der Waals surface area contributed by atoms with Crippen LogP contribution in [0.1, 0.15) is 21.0 Å². The van der Waals surface area contributed by atoms with Crippen molar-refractivity contribution < 1.29 is 14.3 Å². The molecule has 3 rings (SSSR count). The summed E-state index contributed by atoms with van der Waals surface area (Å²) in [5, 5.41) is 0. The van der Waals surface area contributed by atoms with E-state index in [0.29, 0.717) is 11.3 Å². The Kier molecular flexibility index (Phi) is 2.79. The average molecular weight is 254 g/mol. The number of nitrogens with zero attached hydrogens (tertiary/aromatic N) is 2. The molecule has 0 saturated carbocycles. The second-order valence-electron chi connectivity index (χ2n) is 4.16. The summed E-state index contributed by atoms with van der Waals surface area (Å²) in [6, 6.07) is 8.52. The summed E-state index contributed by atoms with van der Waals surface area (Å²) >= 11 is 0. The number of rotatable bonds is 2. The van der Waals surface area contributed by atoms with Crippen molar-refractivity contribution in [1.29, 1.82) is 0 Å². The molecule has 0 bridgehead atoms. The van der Waals surface area contributed by atoms with Gasteiger partial charge in [0.2, 0.25) is 5.78 Å². The standard InChI is InChI=1S/C14H10N2O3/c17-12-9-4-1-2-5-11(9)19-8-10(12)13(18)14-15-6-3-7-16-14/h1-7,10H,8H2. The first-order valence-corrected chi connectivity index (χ1v) is 5.84. The minimum absolute atomic E-state index is 0.0347. The normalized spacial score (nSPS) is 17.5. The molecule has 1 aromatic heterocycles. The maximum absolute atomic E-state index is 12.3. The molecule has 0 N–H and O–H groups in total. The van der Waals surface area contributed by atoms with E-state index in [9.17, 15) is 9.59 Å². The van der Waals surface area contributed by atoms with E-state index in [1.54, 1.807) is 30.3 Å². The summed E-state index contributed by atoms with van der Waals surface area (Å²) in [5.41, 5.74) is 0.433. The minimum atomic E-state index is -0.864. The molecule has 1 atom stereocenters. The van der Waals surface area contributed by atoms with Crippen LogP contribution in [0, 0.1) is 5.92 Å². The lowest BCUT2D eigenvalue weighted by atomic mass is 9.91. The van der Waals surface area contributed by atoms with E-state index in [-0.39, 0.29) is 18.2 Å². The highest BCUT2D eigenvalue weighted by Crippen LogP contribution is 2.27. The van der Waals surface area contributed by atoms with Crippen LogP contribution in [0.25, 0.3) is 0 Å². The quantitative estimate of drug-likeness (QED) is 0.600. The van der Waals surface area contributed by atoms with Gasteiger partial charge in [-0.15, -0.1) is 0 Å². The Balaban J connectivity index is 1.93.